The molecule has 0 bridgehead atoms. The molecule has 0 spiro atoms. The smallest absolute Gasteiger partial charge is 0.335 e. The first-order chi connectivity index (χ1) is 13.0. The SMILES string of the molecule is O=C(O)c1ccc(CCNC(=O)c2cc(Cl)ccc2N2CCOCC2)cc1. The molecule has 0 saturated carbocycles. The molecule has 142 valence electrons. The van der Waals surface area contributed by atoms with Crippen molar-refractivity contribution in [1.82, 2.24) is 5.32 Å². The average Bonchev–Trinajstić information content (AvgIpc) is 2.69. The molecule has 2 aromatic rings. The highest BCUT2D eigenvalue weighted by Crippen LogP contribution is 2.25. The lowest BCUT2D eigenvalue weighted by molar-refractivity contribution is 0.0696. The van der Waals surface area contributed by atoms with Crippen LogP contribution in [0, 0.1) is 0 Å². The zero-order valence-corrected chi connectivity index (χ0v) is 15.5. The summed E-state index contributed by atoms with van der Waals surface area (Å²) in [6, 6.07) is 12.0. The molecule has 0 unspecified atom stereocenters. The maximum Gasteiger partial charge on any atom is 0.335 e. The largest absolute Gasteiger partial charge is 0.478 e. The molecule has 2 aromatic carbocycles. The van der Waals surface area contributed by atoms with Crippen LogP contribution in [0.1, 0.15) is 26.3 Å². The van der Waals surface area contributed by atoms with Crippen LogP contribution in [0.25, 0.3) is 0 Å². The van der Waals surface area contributed by atoms with Gasteiger partial charge in [0.15, 0.2) is 0 Å². The number of ether oxygens (including phenoxy) is 1. The predicted molar refractivity (Wildman–Crippen MR) is 104 cm³/mol. The minimum absolute atomic E-state index is 0.179. The molecule has 0 aromatic heterocycles. The van der Waals surface area contributed by atoms with Crippen LogP contribution in [0.3, 0.4) is 0 Å². The number of carbonyl (C=O) groups is 2. The highest BCUT2D eigenvalue weighted by atomic mass is 35.5. The lowest BCUT2D eigenvalue weighted by atomic mass is 10.1. The number of aromatic carboxylic acids is 1. The van der Waals surface area contributed by atoms with E-state index < -0.39 is 5.97 Å². The van der Waals surface area contributed by atoms with Gasteiger partial charge in [0.1, 0.15) is 0 Å². The molecule has 0 aliphatic carbocycles. The first-order valence-electron chi connectivity index (χ1n) is 8.77. The Balaban J connectivity index is 1.63. The third kappa shape index (κ3) is 4.99. The van der Waals surface area contributed by atoms with E-state index in [2.05, 4.69) is 10.2 Å². The van der Waals surface area contributed by atoms with Crippen LogP contribution in [0.2, 0.25) is 5.02 Å². The van der Waals surface area contributed by atoms with Crippen LogP contribution in [0.5, 0.6) is 0 Å². The van der Waals surface area contributed by atoms with Crippen LogP contribution >= 0.6 is 11.6 Å². The van der Waals surface area contributed by atoms with E-state index in [-0.39, 0.29) is 11.5 Å². The van der Waals surface area contributed by atoms with Crippen molar-refractivity contribution in [2.24, 2.45) is 0 Å². The number of amides is 1. The van der Waals surface area contributed by atoms with E-state index in [1.165, 1.54) is 0 Å². The first kappa shape index (κ1) is 19.2. The Bertz CT molecular complexity index is 817. The van der Waals surface area contributed by atoms with Crippen LogP contribution in [-0.2, 0) is 11.2 Å². The Morgan fingerprint density at radius 1 is 1.11 bits per heavy atom. The molecule has 1 saturated heterocycles. The second-order valence-corrected chi connectivity index (χ2v) is 6.71. The number of morpholine rings is 1. The van der Waals surface area contributed by atoms with Crippen LogP contribution < -0.4 is 10.2 Å². The second-order valence-electron chi connectivity index (χ2n) is 6.27. The third-order valence-corrected chi connectivity index (χ3v) is 4.69. The first-order valence-corrected chi connectivity index (χ1v) is 9.15. The van der Waals surface area contributed by atoms with E-state index in [1.807, 2.05) is 6.07 Å². The minimum atomic E-state index is -0.952. The molecule has 1 fully saturated rings. The van der Waals surface area contributed by atoms with Gasteiger partial charge in [-0.05, 0) is 42.3 Å². The number of halogens is 1. The lowest BCUT2D eigenvalue weighted by Gasteiger charge is -2.30. The fourth-order valence-corrected chi connectivity index (χ4v) is 3.17. The lowest BCUT2D eigenvalue weighted by Crippen LogP contribution is -2.38. The van der Waals surface area contributed by atoms with E-state index in [9.17, 15) is 9.59 Å². The molecular weight excluding hydrogens is 368 g/mol. The van der Waals surface area contributed by atoms with Crippen LogP contribution in [-0.4, -0.2) is 49.8 Å². The molecule has 27 heavy (non-hydrogen) atoms. The zero-order valence-electron chi connectivity index (χ0n) is 14.8. The highest BCUT2D eigenvalue weighted by molar-refractivity contribution is 6.31. The van der Waals surface area contributed by atoms with Gasteiger partial charge in [0.25, 0.3) is 5.91 Å². The van der Waals surface area contributed by atoms with Crippen molar-refractivity contribution in [3.05, 3.63) is 64.2 Å². The van der Waals surface area contributed by atoms with Gasteiger partial charge in [0.05, 0.1) is 24.3 Å². The minimum Gasteiger partial charge on any atom is -0.478 e. The van der Waals surface area contributed by atoms with E-state index in [1.54, 1.807) is 36.4 Å². The summed E-state index contributed by atoms with van der Waals surface area (Å²) in [5.41, 5.74) is 2.60. The molecule has 1 aliphatic rings. The van der Waals surface area contributed by atoms with Gasteiger partial charge in [-0.25, -0.2) is 4.79 Å². The number of carboxylic acid groups (broad SMARTS) is 1. The highest BCUT2D eigenvalue weighted by Gasteiger charge is 2.19. The molecule has 0 atom stereocenters. The summed E-state index contributed by atoms with van der Waals surface area (Å²) in [4.78, 5) is 25.7. The van der Waals surface area contributed by atoms with Gasteiger partial charge in [-0.2, -0.15) is 0 Å². The van der Waals surface area contributed by atoms with E-state index >= 15 is 0 Å². The fraction of sp³-hybridized carbons (Fsp3) is 0.300. The van der Waals surface area contributed by atoms with Crippen molar-refractivity contribution in [2.45, 2.75) is 6.42 Å². The van der Waals surface area contributed by atoms with E-state index in [4.69, 9.17) is 21.4 Å². The van der Waals surface area contributed by atoms with E-state index in [0.717, 1.165) is 24.3 Å². The number of hydrogen-bond acceptors (Lipinski definition) is 4. The summed E-state index contributed by atoms with van der Waals surface area (Å²) in [6.07, 6.45) is 0.610. The predicted octanol–water partition coefficient (Wildman–Crippen LogP) is 2.85. The molecule has 1 amide bonds. The van der Waals surface area contributed by atoms with Gasteiger partial charge in [0.2, 0.25) is 0 Å². The van der Waals surface area contributed by atoms with Crippen LogP contribution in [0.4, 0.5) is 5.69 Å². The van der Waals surface area contributed by atoms with Gasteiger partial charge in [-0.1, -0.05) is 23.7 Å². The number of benzene rings is 2. The number of rotatable bonds is 6. The molecular formula is C20H21ClN2O4. The quantitative estimate of drug-likeness (QED) is 0.795. The number of nitrogens with zero attached hydrogens (tertiary/aromatic N) is 1. The van der Waals surface area contributed by atoms with Crippen LogP contribution in [0.15, 0.2) is 42.5 Å². The van der Waals surface area contributed by atoms with Gasteiger partial charge in [0, 0.05) is 30.3 Å². The molecule has 0 radical (unpaired) electrons. The van der Waals surface area contributed by atoms with Gasteiger partial charge < -0.3 is 20.1 Å². The Hall–Kier alpha value is -2.57. The Morgan fingerprint density at radius 3 is 2.48 bits per heavy atom. The summed E-state index contributed by atoms with van der Waals surface area (Å²) in [6.45, 7) is 3.18. The maximum atomic E-state index is 12.7. The van der Waals surface area contributed by atoms with Crippen molar-refractivity contribution in [3.8, 4) is 0 Å². The molecule has 7 heteroatoms. The number of hydrogen-bond donors (Lipinski definition) is 2. The summed E-state index contributed by atoms with van der Waals surface area (Å²) in [5, 5.41) is 12.4. The zero-order chi connectivity index (χ0) is 19.2. The topological polar surface area (TPSA) is 78.9 Å². The Kier molecular flexibility index (Phi) is 6.32. The van der Waals surface area contributed by atoms with Gasteiger partial charge >= 0.3 is 5.97 Å². The van der Waals surface area contributed by atoms with Crippen molar-refractivity contribution in [3.63, 3.8) is 0 Å². The van der Waals surface area contributed by atoms with Crippen molar-refractivity contribution in [2.75, 3.05) is 37.7 Å². The number of carboxylic acids is 1. The van der Waals surface area contributed by atoms with Crippen molar-refractivity contribution in [1.29, 1.82) is 0 Å². The van der Waals surface area contributed by atoms with Crippen molar-refractivity contribution < 1.29 is 19.4 Å². The maximum absolute atomic E-state index is 12.7. The average molecular weight is 389 g/mol. The summed E-state index contributed by atoms with van der Waals surface area (Å²) < 4.78 is 5.38. The Morgan fingerprint density at radius 2 is 1.81 bits per heavy atom. The second kappa shape index (κ2) is 8.88. The number of anilines is 1. The Labute approximate surface area is 162 Å². The molecule has 2 N–H and O–H groups in total. The molecule has 3 rings (SSSR count). The molecule has 1 aliphatic heterocycles. The number of carbonyl (C=O) groups excluding carboxylic acids is 1. The molecule has 1 heterocycles. The van der Waals surface area contributed by atoms with E-state index in [0.29, 0.717) is 36.8 Å². The van der Waals surface area contributed by atoms with Crippen molar-refractivity contribution >= 4 is 29.2 Å². The number of nitrogens with one attached hydrogen (secondary N) is 1. The third-order valence-electron chi connectivity index (χ3n) is 4.46. The normalized spacial score (nSPS) is 14.0. The summed E-state index contributed by atoms with van der Waals surface area (Å²) in [5.74, 6) is -1.13. The fourth-order valence-electron chi connectivity index (χ4n) is 3.00. The molecule has 6 nitrogen and oxygen atoms in total. The summed E-state index contributed by atoms with van der Waals surface area (Å²) >= 11 is 6.10. The standard InChI is InChI=1S/C20H21ClN2O4/c21-16-5-6-18(23-9-11-27-12-10-23)17(13-16)19(24)22-8-7-14-1-3-15(4-2-14)20(25)26/h1-6,13H,7-12H2,(H,22,24)(H,25,26). The van der Waals surface area contributed by atoms with Gasteiger partial charge in [-0.15, -0.1) is 0 Å². The summed E-state index contributed by atoms with van der Waals surface area (Å²) in [7, 11) is 0. The van der Waals surface area contributed by atoms with Gasteiger partial charge in [-0.3, -0.25) is 4.79 Å². The monoisotopic (exact) mass is 388 g/mol.